The summed E-state index contributed by atoms with van der Waals surface area (Å²) in [5.74, 6) is -0.417. The van der Waals surface area contributed by atoms with Gasteiger partial charge >= 0.3 is 6.18 Å². The van der Waals surface area contributed by atoms with Crippen LogP contribution in [0.1, 0.15) is 40.1 Å². The molecule has 0 aliphatic heterocycles. The van der Waals surface area contributed by atoms with E-state index < -0.39 is 23.7 Å². The van der Waals surface area contributed by atoms with Crippen LogP contribution in [0.2, 0.25) is 0 Å². The van der Waals surface area contributed by atoms with Crippen LogP contribution in [0.5, 0.6) is 0 Å². The minimum atomic E-state index is -4.42. The number of rotatable bonds is 3. The Kier molecular flexibility index (Phi) is 4.20. The first kappa shape index (κ1) is 16.9. The van der Waals surface area contributed by atoms with Gasteiger partial charge in [0.2, 0.25) is 0 Å². The summed E-state index contributed by atoms with van der Waals surface area (Å²) in [4.78, 5) is 16.5. The first-order valence-corrected chi connectivity index (χ1v) is 7.54. The predicted octanol–water partition coefficient (Wildman–Crippen LogP) is 3.78. The van der Waals surface area contributed by atoms with Crippen LogP contribution >= 0.6 is 0 Å². The van der Waals surface area contributed by atoms with E-state index in [1.165, 1.54) is 12.3 Å². The molecule has 0 spiro atoms. The number of fused-ring (bicyclic) bond motifs is 1. The Morgan fingerprint density at radius 1 is 1.28 bits per heavy atom. The number of hydrogen-bond acceptors (Lipinski definition) is 3. The summed E-state index contributed by atoms with van der Waals surface area (Å²) < 4.78 is 38.4. The number of aromatic amines is 1. The number of pyridine rings is 1. The van der Waals surface area contributed by atoms with Crippen LogP contribution in [0.25, 0.3) is 11.0 Å². The van der Waals surface area contributed by atoms with E-state index in [-0.39, 0.29) is 0 Å². The van der Waals surface area contributed by atoms with Gasteiger partial charge in [0, 0.05) is 17.3 Å². The average Bonchev–Trinajstić information content (AvgIpc) is 2.95. The van der Waals surface area contributed by atoms with Gasteiger partial charge < -0.3 is 5.32 Å². The number of hydrogen-bond donors (Lipinski definition) is 2. The molecule has 0 aliphatic carbocycles. The number of halogens is 3. The van der Waals surface area contributed by atoms with Gasteiger partial charge in [-0.1, -0.05) is 12.1 Å². The van der Waals surface area contributed by atoms with E-state index in [2.05, 4.69) is 20.5 Å². The zero-order chi connectivity index (χ0) is 18.2. The Balaban J connectivity index is 1.81. The molecule has 2 aromatic heterocycles. The van der Waals surface area contributed by atoms with Crippen LogP contribution in [-0.4, -0.2) is 21.1 Å². The second-order valence-corrected chi connectivity index (χ2v) is 5.76. The average molecular weight is 348 g/mol. The number of amides is 1. The van der Waals surface area contributed by atoms with Crippen molar-refractivity contribution in [2.75, 3.05) is 0 Å². The number of nitrogens with one attached hydrogen (secondary N) is 2. The van der Waals surface area contributed by atoms with Crippen LogP contribution in [0.15, 0.2) is 36.5 Å². The van der Waals surface area contributed by atoms with Crippen molar-refractivity contribution in [1.82, 2.24) is 20.5 Å². The first-order valence-electron chi connectivity index (χ1n) is 7.54. The monoisotopic (exact) mass is 348 g/mol. The van der Waals surface area contributed by atoms with E-state index in [4.69, 9.17) is 0 Å². The minimum Gasteiger partial charge on any atom is -0.345 e. The fraction of sp³-hybridized carbons (Fsp3) is 0.235. The normalized spacial score (nSPS) is 13.0. The van der Waals surface area contributed by atoms with E-state index in [1.807, 2.05) is 6.92 Å². The second-order valence-electron chi connectivity index (χ2n) is 5.76. The maximum atomic E-state index is 12.8. The summed E-state index contributed by atoms with van der Waals surface area (Å²) in [5.41, 5.74) is 1.22. The summed E-state index contributed by atoms with van der Waals surface area (Å²) in [6.45, 7) is 3.44. The molecule has 1 amide bonds. The van der Waals surface area contributed by atoms with Crippen LogP contribution in [-0.2, 0) is 6.18 Å². The van der Waals surface area contributed by atoms with Gasteiger partial charge in [0.15, 0.2) is 5.65 Å². The number of H-pyrrole nitrogens is 1. The van der Waals surface area contributed by atoms with Crippen molar-refractivity contribution < 1.29 is 18.0 Å². The van der Waals surface area contributed by atoms with Gasteiger partial charge in [-0.3, -0.25) is 9.89 Å². The number of carbonyl (C=O) groups is 1. The molecule has 0 fully saturated rings. The highest BCUT2D eigenvalue weighted by molar-refractivity contribution is 5.97. The highest BCUT2D eigenvalue weighted by atomic mass is 19.4. The molecule has 3 rings (SSSR count). The molecule has 1 aromatic carbocycles. The summed E-state index contributed by atoms with van der Waals surface area (Å²) in [6, 6.07) is 5.96. The zero-order valence-corrected chi connectivity index (χ0v) is 13.5. The van der Waals surface area contributed by atoms with Gasteiger partial charge in [0.25, 0.3) is 5.91 Å². The fourth-order valence-electron chi connectivity index (χ4n) is 2.49. The van der Waals surface area contributed by atoms with Crippen molar-refractivity contribution in [2.45, 2.75) is 26.1 Å². The lowest BCUT2D eigenvalue weighted by molar-refractivity contribution is -0.137. The molecule has 2 N–H and O–H groups in total. The largest absolute Gasteiger partial charge is 0.416 e. The number of carbonyl (C=O) groups excluding carboxylic acids is 1. The van der Waals surface area contributed by atoms with Crippen molar-refractivity contribution >= 4 is 16.9 Å². The van der Waals surface area contributed by atoms with Gasteiger partial charge in [0.05, 0.1) is 17.2 Å². The highest BCUT2D eigenvalue weighted by Gasteiger charge is 2.30. The van der Waals surface area contributed by atoms with Crippen molar-refractivity contribution in [1.29, 1.82) is 0 Å². The van der Waals surface area contributed by atoms with E-state index in [1.54, 1.807) is 19.1 Å². The molecule has 0 radical (unpaired) electrons. The molecule has 2 heterocycles. The Morgan fingerprint density at radius 2 is 2.04 bits per heavy atom. The Morgan fingerprint density at radius 3 is 2.76 bits per heavy atom. The fourth-order valence-corrected chi connectivity index (χ4v) is 2.49. The molecule has 0 aliphatic rings. The second kappa shape index (κ2) is 6.19. The highest BCUT2D eigenvalue weighted by Crippen LogP contribution is 2.30. The predicted molar refractivity (Wildman–Crippen MR) is 86.0 cm³/mol. The molecule has 1 unspecified atom stereocenters. The Hall–Kier alpha value is -2.90. The molecular formula is C17H15F3N4O. The maximum Gasteiger partial charge on any atom is 0.416 e. The Labute approximate surface area is 141 Å². The smallest absolute Gasteiger partial charge is 0.345 e. The lowest BCUT2D eigenvalue weighted by atomic mass is 10.0. The topological polar surface area (TPSA) is 70.7 Å². The standard InChI is InChI=1S/C17H15F3N4O/c1-9(11-4-3-5-13(6-11)17(18,19)20)22-16(25)12-7-14-10(2)23-24-15(14)21-8-12/h3-9H,1-2H3,(H,22,25)(H,21,23,24). The van der Waals surface area contributed by atoms with E-state index in [0.717, 1.165) is 23.2 Å². The molecule has 0 saturated carbocycles. The lowest BCUT2D eigenvalue weighted by Crippen LogP contribution is -2.27. The van der Waals surface area contributed by atoms with Gasteiger partial charge in [-0.05, 0) is 37.6 Å². The maximum absolute atomic E-state index is 12.8. The Bertz CT molecular complexity index is 933. The molecule has 3 aromatic rings. The SMILES string of the molecule is Cc1[nH]nc2ncc(C(=O)NC(C)c3cccc(C(F)(F)F)c3)cc12. The summed E-state index contributed by atoms with van der Waals surface area (Å²) in [7, 11) is 0. The zero-order valence-electron chi connectivity index (χ0n) is 13.5. The van der Waals surface area contributed by atoms with Crippen molar-refractivity contribution in [2.24, 2.45) is 0 Å². The third-order valence-electron chi connectivity index (χ3n) is 3.92. The summed E-state index contributed by atoms with van der Waals surface area (Å²) in [6.07, 6.45) is -3.04. The van der Waals surface area contributed by atoms with Crippen LogP contribution in [0, 0.1) is 6.92 Å². The number of benzene rings is 1. The number of nitrogens with zero attached hydrogens (tertiary/aromatic N) is 2. The van der Waals surface area contributed by atoms with Crippen molar-refractivity contribution in [3.8, 4) is 0 Å². The first-order chi connectivity index (χ1) is 11.8. The number of alkyl halides is 3. The van der Waals surface area contributed by atoms with Gasteiger partial charge in [0.1, 0.15) is 0 Å². The quantitative estimate of drug-likeness (QED) is 0.757. The molecule has 25 heavy (non-hydrogen) atoms. The van der Waals surface area contributed by atoms with Gasteiger partial charge in [-0.15, -0.1) is 0 Å². The van der Waals surface area contributed by atoms with Crippen LogP contribution in [0.3, 0.4) is 0 Å². The van der Waals surface area contributed by atoms with E-state index in [9.17, 15) is 18.0 Å². The molecule has 130 valence electrons. The number of aromatic nitrogens is 3. The minimum absolute atomic E-state index is 0.316. The molecule has 5 nitrogen and oxygen atoms in total. The van der Waals surface area contributed by atoms with E-state index in [0.29, 0.717) is 16.8 Å². The molecule has 0 saturated heterocycles. The van der Waals surface area contributed by atoms with Crippen molar-refractivity contribution in [3.05, 3.63) is 58.9 Å². The van der Waals surface area contributed by atoms with Gasteiger partial charge in [-0.25, -0.2) is 4.98 Å². The summed E-state index contributed by atoms with van der Waals surface area (Å²) in [5, 5.41) is 10.2. The third kappa shape index (κ3) is 3.47. The van der Waals surface area contributed by atoms with Crippen LogP contribution in [0.4, 0.5) is 13.2 Å². The molecular weight excluding hydrogens is 333 g/mol. The van der Waals surface area contributed by atoms with Gasteiger partial charge in [-0.2, -0.15) is 18.3 Å². The van der Waals surface area contributed by atoms with E-state index >= 15 is 0 Å². The molecule has 0 bridgehead atoms. The third-order valence-corrected chi connectivity index (χ3v) is 3.92. The summed E-state index contributed by atoms with van der Waals surface area (Å²) >= 11 is 0. The molecule has 8 heteroatoms. The van der Waals surface area contributed by atoms with Crippen LogP contribution < -0.4 is 5.32 Å². The van der Waals surface area contributed by atoms with Crippen molar-refractivity contribution in [3.63, 3.8) is 0 Å². The lowest BCUT2D eigenvalue weighted by Gasteiger charge is -2.16. The molecule has 1 atom stereocenters. The number of aryl methyl sites for hydroxylation is 1.